The summed E-state index contributed by atoms with van der Waals surface area (Å²) in [6, 6.07) is 1.77. The summed E-state index contributed by atoms with van der Waals surface area (Å²) in [5.74, 6) is -1.38. The zero-order chi connectivity index (χ0) is 18.5. The van der Waals surface area contributed by atoms with E-state index < -0.39 is 41.3 Å². The minimum atomic E-state index is -4.74. The van der Waals surface area contributed by atoms with Gasteiger partial charge in [0.15, 0.2) is 11.6 Å². The van der Waals surface area contributed by atoms with Crippen LogP contribution in [0.25, 0.3) is 0 Å². The standard InChI is InChI=1S/C16H21BF4O3/c1-9(2)22-11-8-7-10(16(19,20)21)12(13(11)18)17-23-14(3,4)15(5,6)24-17/h7-9H,1-6H3. The van der Waals surface area contributed by atoms with Gasteiger partial charge in [-0.3, -0.25) is 0 Å². The van der Waals surface area contributed by atoms with Crippen LogP contribution in [0.2, 0.25) is 0 Å². The van der Waals surface area contributed by atoms with Crippen molar-refractivity contribution in [1.29, 1.82) is 0 Å². The highest BCUT2D eigenvalue weighted by atomic mass is 19.4. The highest BCUT2D eigenvalue weighted by Crippen LogP contribution is 2.39. The summed E-state index contributed by atoms with van der Waals surface area (Å²) in [7, 11) is -1.47. The molecule has 0 spiro atoms. The number of ether oxygens (including phenoxy) is 1. The van der Waals surface area contributed by atoms with Crippen LogP contribution < -0.4 is 10.2 Å². The minimum Gasteiger partial charge on any atom is -0.488 e. The molecule has 3 nitrogen and oxygen atoms in total. The largest absolute Gasteiger partial charge is 0.498 e. The van der Waals surface area contributed by atoms with Crippen molar-refractivity contribution < 1.29 is 31.6 Å². The summed E-state index contributed by atoms with van der Waals surface area (Å²) in [6.07, 6.45) is -5.13. The molecule has 0 N–H and O–H groups in total. The average molecular weight is 348 g/mol. The predicted molar refractivity (Wildman–Crippen MR) is 82.9 cm³/mol. The molecule has 0 radical (unpaired) electrons. The average Bonchev–Trinajstić information content (AvgIpc) is 2.58. The second-order valence-corrected chi connectivity index (χ2v) is 7.09. The Bertz CT molecular complexity index is 610. The molecule has 1 aliphatic rings. The van der Waals surface area contributed by atoms with Gasteiger partial charge in [-0.05, 0) is 53.7 Å². The summed E-state index contributed by atoms with van der Waals surface area (Å²) in [4.78, 5) is 0. The lowest BCUT2D eigenvalue weighted by atomic mass is 9.75. The second kappa shape index (κ2) is 5.91. The van der Waals surface area contributed by atoms with Gasteiger partial charge in [0.2, 0.25) is 0 Å². The fraction of sp³-hybridized carbons (Fsp3) is 0.625. The smallest absolute Gasteiger partial charge is 0.488 e. The summed E-state index contributed by atoms with van der Waals surface area (Å²) in [6.45, 7) is 10.1. The van der Waals surface area contributed by atoms with E-state index >= 15 is 0 Å². The van der Waals surface area contributed by atoms with E-state index in [0.29, 0.717) is 0 Å². The van der Waals surface area contributed by atoms with Gasteiger partial charge in [-0.1, -0.05) is 0 Å². The zero-order valence-electron chi connectivity index (χ0n) is 14.5. The van der Waals surface area contributed by atoms with E-state index in [1.54, 1.807) is 41.5 Å². The molecule has 0 atom stereocenters. The molecular weight excluding hydrogens is 327 g/mol. The number of hydrogen-bond acceptors (Lipinski definition) is 3. The van der Waals surface area contributed by atoms with Crippen LogP contribution in [-0.4, -0.2) is 24.4 Å². The Labute approximate surface area is 139 Å². The molecule has 1 saturated heterocycles. The van der Waals surface area contributed by atoms with E-state index in [1.165, 1.54) is 0 Å². The molecule has 1 aromatic carbocycles. The van der Waals surface area contributed by atoms with Crippen LogP contribution in [0.15, 0.2) is 12.1 Å². The number of halogens is 4. The van der Waals surface area contributed by atoms with Gasteiger partial charge in [-0.15, -0.1) is 0 Å². The summed E-state index contributed by atoms with van der Waals surface area (Å²) >= 11 is 0. The molecule has 2 rings (SSSR count). The normalized spacial score (nSPS) is 19.9. The maximum Gasteiger partial charge on any atom is 0.498 e. The highest BCUT2D eigenvalue weighted by Gasteiger charge is 2.55. The summed E-state index contributed by atoms with van der Waals surface area (Å²) < 4.78 is 71.3. The number of hydrogen-bond donors (Lipinski definition) is 0. The molecule has 0 aromatic heterocycles. The lowest BCUT2D eigenvalue weighted by molar-refractivity contribution is -0.137. The molecule has 1 aromatic rings. The van der Waals surface area contributed by atoms with Gasteiger partial charge in [0.1, 0.15) is 0 Å². The third-order valence-electron chi connectivity index (χ3n) is 4.30. The predicted octanol–water partition coefficient (Wildman–Crippen LogP) is 3.93. The Morgan fingerprint density at radius 3 is 1.96 bits per heavy atom. The first kappa shape index (κ1) is 19.1. The number of alkyl halides is 3. The lowest BCUT2D eigenvalue weighted by Gasteiger charge is -2.32. The summed E-state index contributed by atoms with van der Waals surface area (Å²) in [5.41, 5.74) is -3.59. The quantitative estimate of drug-likeness (QED) is 0.612. The van der Waals surface area contributed by atoms with Crippen molar-refractivity contribution >= 4 is 12.6 Å². The Morgan fingerprint density at radius 1 is 1.04 bits per heavy atom. The van der Waals surface area contributed by atoms with Crippen molar-refractivity contribution in [2.45, 2.75) is 65.0 Å². The van der Waals surface area contributed by atoms with Gasteiger partial charge in [0.05, 0.1) is 22.9 Å². The minimum absolute atomic E-state index is 0.261. The topological polar surface area (TPSA) is 27.7 Å². The molecule has 0 unspecified atom stereocenters. The zero-order valence-corrected chi connectivity index (χ0v) is 14.5. The molecule has 0 bridgehead atoms. The van der Waals surface area contributed by atoms with Crippen molar-refractivity contribution in [2.24, 2.45) is 0 Å². The van der Waals surface area contributed by atoms with Crippen LogP contribution in [0.3, 0.4) is 0 Å². The van der Waals surface area contributed by atoms with Crippen LogP contribution in [0.4, 0.5) is 17.6 Å². The Morgan fingerprint density at radius 2 is 1.54 bits per heavy atom. The fourth-order valence-electron chi connectivity index (χ4n) is 2.36. The van der Waals surface area contributed by atoms with Gasteiger partial charge in [0.25, 0.3) is 0 Å². The third kappa shape index (κ3) is 3.40. The molecule has 1 fully saturated rings. The fourth-order valence-corrected chi connectivity index (χ4v) is 2.36. The number of benzene rings is 1. The van der Waals surface area contributed by atoms with Gasteiger partial charge >= 0.3 is 13.3 Å². The molecule has 1 aliphatic heterocycles. The second-order valence-electron chi connectivity index (χ2n) is 7.09. The summed E-state index contributed by atoms with van der Waals surface area (Å²) in [5, 5.41) is 0. The SMILES string of the molecule is CC(C)Oc1ccc(C(F)(F)F)c(B2OC(C)(C)C(C)(C)O2)c1F. The van der Waals surface area contributed by atoms with Gasteiger partial charge in [-0.2, -0.15) is 13.2 Å². The van der Waals surface area contributed by atoms with Crippen molar-refractivity contribution in [2.75, 3.05) is 0 Å². The van der Waals surface area contributed by atoms with Crippen LogP contribution >= 0.6 is 0 Å². The first-order chi connectivity index (χ1) is 10.8. The van der Waals surface area contributed by atoms with Crippen LogP contribution in [-0.2, 0) is 15.5 Å². The molecule has 8 heteroatoms. The van der Waals surface area contributed by atoms with E-state index in [9.17, 15) is 17.6 Å². The van der Waals surface area contributed by atoms with E-state index in [2.05, 4.69) is 0 Å². The maximum absolute atomic E-state index is 14.8. The van der Waals surface area contributed by atoms with E-state index in [0.717, 1.165) is 12.1 Å². The van der Waals surface area contributed by atoms with E-state index in [4.69, 9.17) is 14.0 Å². The molecule has 134 valence electrons. The Balaban J connectivity index is 2.58. The molecule has 0 saturated carbocycles. The highest BCUT2D eigenvalue weighted by molar-refractivity contribution is 6.62. The van der Waals surface area contributed by atoms with Crippen molar-refractivity contribution in [3.63, 3.8) is 0 Å². The van der Waals surface area contributed by atoms with Crippen molar-refractivity contribution in [3.05, 3.63) is 23.5 Å². The van der Waals surface area contributed by atoms with Crippen LogP contribution in [0.1, 0.15) is 47.1 Å². The van der Waals surface area contributed by atoms with Gasteiger partial charge < -0.3 is 14.0 Å². The first-order valence-corrected chi connectivity index (χ1v) is 7.68. The van der Waals surface area contributed by atoms with Crippen molar-refractivity contribution in [1.82, 2.24) is 0 Å². The van der Waals surface area contributed by atoms with Crippen LogP contribution in [0.5, 0.6) is 5.75 Å². The maximum atomic E-state index is 14.8. The number of rotatable bonds is 3. The van der Waals surface area contributed by atoms with E-state index in [1.807, 2.05) is 0 Å². The molecule has 1 heterocycles. The van der Waals surface area contributed by atoms with Gasteiger partial charge in [0, 0.05) is 5.46 Å². The Kier molecular flexibility index (Phi) is 4.69. The molecule has 0 aliphatic carbocycles. The molecule has 0 amide bonds. The van der Waals surface area contributed by atoms with Crippen LogP contribution in [0, 0.1) is 5.82 Å². The van der Waals surface area contributed by atoms with E-state index in [-0.39, 0.29) is 11.9 Å². The third-order valence-corrected chi connectivity index (χ3v) is 4.30. The lowest BCUT2D eigenvalue weighted by Crippen LogP contribution is -2.41. The van der Waals surface area contributed by atoms with Crippen molar-refractivity contribution in [3.8, 4) is 5.75 Å². The monoisotopic (exact) mass is 348 g/mol. The first-order valence-electron chi connectivity index (χ1n) is 7.68. The Hall–Kier alpha value is -1.28. The molecular formula is C16H21BF4O3. The van der Waals surface area contributed by atoms with Gasteiger partial charge in [-0.25, -0.2) is 4.39 Å². The molecule has 24 heavy (non-hydrogen) atoms.